The normalized spacial score (nSPS) is 13.2. The molecule has 1 aromatic rings. The van der Waals surface area contributed by atoms with E-state index in [4.69, 9.17) is 4.74 Å². The molecule has 0 bridgehead atoms. The summed E-state index contributed by atoms with van der Waals surface area (Å²) in [6, 6.07) is 8.51. The van der Waals surface area contributed by atoms with Crippen LogP contribution in [0.4, 0.5) is 0 Å². The summed E-state index contributed by atoms with van der Waals surface area (Å²) in [7, 11) is 0. The van der Waals surface area contributed by atoms with Crippen molar-refractivity contribution in [2.45, 2.75) is 66.9 Å². The Morgan fingerprint density at radius 2 is 1.32 bits per heavy atom. The van der Waals surface area contributed by atoms with Crippen molar-refractivity contribution in [3.8, 4) is 5.75 Å². The van der Waals surface area contributed by atoms with Gasteiger partial charge >= 0.3 is 0 Å². The van der Waals surface area contributed by atoms with E-state index in [0.717, 1.165) is 5.75 Å². The Hall–Kier alpha value is -0.980. The first kappa shape index (κ1) is 16.1. The third kappa shape index (κ3) is 3.52. The summed E-state index contributed by atoms with van der Waals surface area (Å²) in [6.07, 6.45) is 0. The summed E-state index contributed by atoms with van der Waals surface area (Å²) in [5, 5.41) is 0. The van der Waals surface area contributed by atoms with Gasteiger partial charge in [-0.3, -0.25) is 0 Å². The molecule has 0 unspecified atom stereocenters. The highest BCUT2D eigenvalue weighted by Gasteiger charge is 2.41. The molecule has 1 aromatic carbocycles. The first-order valence-corrected chi connectivity index (χ1v) is 7.37. The van der Waals surface area contributed by atoms with E-state index >= 15 is 0 Å². The molecule has 108 valence electrons. The van der Waals surface area contributed by atoms with E-state index in [1.807, 2.05) is 0 Å². The van der Waals surface area contributed by atoms with Crippen molar-refractivity contribution in [2.75, 3.05) is 0 Å². The smallest absolute Gasteiger partial charge is 0.120 e. The summed E-state index contributed by atoms with van der Waals surface area (Å²) >= 11 is 0. The van der Waals surface area contributed by atoms with Crippen LogP contribution in [0.2, 0.25) is 0 Å². The first-order valence-electron chi connectivity index (χ1n) is 7.37. The minimum absolute atomic E-state index is 0.115. The molecule has 0 spiro atoms. The van der Waals surface area contributed by atoms with Gasteiger partial charge in [0.2, 0.25) is 0 Å². The van der Waals surface area contributed by atoms with E-state index < -0.39 is 0 Å². The Morgan fingerprint density at radius 3 is 1.68 bits per heavy atom. The van der Waals surface area contributed by atoms with Crippen LogP contribution in [0.5, 0.6) is 5.75 Å². The quantitative estimate of drug-likeness (QED) is 0.666. The van der Waals surface area contributed by atoms with E-state index in [1.54, 1.807) is 0 Å². The van der Waals surface area contributed by atoms with Gasteiger partial charge in [-0.05, 0) is 43.4 Å². The van der Waals surface area contributed by atoms with E-state index in [-0.39, 0.29) is 11.0 Å². The molecule has 1 rings (SSSR count). The molecular formula is C18H30O. The molecule has 0 heterocycles. The fourth-order valence-electron chi connectivity index (χ4n) is 2.04. The monoisotopic (exact) mass is 262 g/mol. The van der Waals surface area contributed by atoms with Crippen LogP contribution in [-0.2, 0) is 0 Å². The molecule has 1 nitrogen and oxygen atoms in total. The molecule has 0 fully saturated rings. The highest BCUT2D eigenvalue weighted by molar-refractivity contribution is 5.29. The Bertz CT molecular complexity index is 396. The topological polar surface area (TPSA) is 9.23 Å². The van der Waals surface area contributed by atoms with Crippen LogP contribution >= 0.6 is 0 Å². The van der Waals surface area contributed by atoms with Gasteiger partial charge in [0.25, 0.3) is 0 Å². The Morgan fingerprint density at radius 1 is 0.842 bits per heavy atom. The molecule has 0 radical (unpaired) electrons. The molecule has 0 amide bonds. The lowest BCUT2D eigenvalue weighted by Crippen LogP contribution is -2.47. The third-order valence-electron chi connectivity index (χ3n) is 4.91. The molecule has 0 aliphatic heterocycles. The Labute approximate surface area is 119 Å². The van der Waals surface area contributed by atoms with Gasteiger partial charge < -0.3 is 4.74 Å². The summed E-state index contributed by atoms with van der Waals surface area (Å²) in [4.78, 5) is 0. The minimum atomic E-state index is -0.194. The fraction of sp³-hybridized carbons (Fsp3) is 0.667. The van der Waals surface area contributed by atoms with E-state index in [9.17, 15) is 0 Å². The Kier molecular flexibility index (Phi) is 4.71. The predicted octanol–water partition coefficient (Wildman–Crippen LogP) is 5.65. The molecule has 0 atom stereocenters. The van der Waals surface area contributed by atoms with Gasteiger partial charge in [0.1, 0.15) is 11.4 Å². The van der Waals surface area contributed by atoms with Gasteiger partial charge in [0.05, 0.1) is 0 Å². The zero-order valence-electron chi connectivity index (χ0n) is 13.9. The summed E-state index contributed by atoms with van der Waals surface area (Å²) in [5.41, 5.74) is 1.28. The maximum absolute atomic E-state index is 6.26. The van der Waals surface area contributed by atoms with Crippen molar-refractivity contribution >= 4 is 0 Å². The van der Waals surface area contributed by atoms with Crippen LogP contribution in [0.15, 0.2) is 24.3 Å². The Balaban J connectivity index is 2.89. The maximum Gasteiger partial charge on any atom is 0.120 e. The van der Waals surface area contributed by atoms with Crippen molar-refractivity contribution in [1.29, 1.82) is 0 Å². The third-order valence-corrected chi connectivity index (χ3v) is 4.91. The fourth-order valence-corrected chi connectivity index (χ4v) is 2.04. The molecule has 0 saturated heterocycles. The van der Waals surface area contributed by atoms with Gasteiger partial charge in [-0.15, -0.1) is 0 Å². The van der Waals surface area contributed by atoms with E-state index in [0.29, 0.717) is 11.8 Å². The standard InChI is InChI=1S/C18H30O/c1-13(2)15-9-11-16(12-10-15)19-18(7,8)17(5,6)14(3)4/h9-14H,1-8H3. The predicted molar refractivity (Wildman–Crippen MR) is 83.9 cm³/mol. The van der Waals surface area contributed by atoms with Crippen LogP contribution in [0, 0.1) is 11.3 Å². The van der Waals surface area contributed by atoms with Crippen molar-refractivity contribution in [3.05, 3.63) is 29.8 Å². The maximum atomic E-state index is 6.26. The van der Waals surface area contributed by atoms with Gasteiger partial charge in [0.15, 0.2) is 0 Å². The lowest BCUT2D eigenvalue weighted by atomic mass is 9.69. The number of hydrogen-bond acceptors (Lipinski definition) is 1. The van der Waals surface area contributed by atoms with Gasteiger partial charge in [0, 0.05) is 5.41 Å². The van der Waals surface area contributed by atoms with Crippen molar-refractivity contribution in [1.82, 2.24) is 0 Å². The van der Waals surface area contributed by atoms with Crippen molar-refractivity contribution in [2.24, 2.45) is 11.3 Å². The second-order valence-corrected chi connectivity index (χ2v) is 7.21. The van der Waals surface area contributed by atoms with Crippen LogP contribution in [0.1, 0.15) is 66.9 Å². The summed E-state index contributed by atoms with van der Waals surface area (Å²) < 4.78 is 6.26. The van der Waals surface area contributed by atoms with Crippen molar-refractivity contribution in [3.63, 3.8) is 0 Å². The van der Waals surface area contributed by atoms with Gasteiger partial charge in [-0.2, -0.15) is 0 Å². The van der Waals surface area contributed by atoms with E-state index in [2.05, 4.69) is 79.7 Å². The van der Waals surface area contributed by atoms with Gasteiger partial charge in [-0.25, -0.2) is 0 Å². The first-order chi connectivity index (χ1) is 8.58. The summed E-state index contributed by atoms with van der Waals surface area (Å²) in [6.45, 7) is 17.9. The molecule has 0 N–H and O–H groups in total. The van der Waals surface area contributed by atoms with Crippen molar-refractivity contribution < 1.29 is 4.74 Å². The second kappa shape index (κ2) is 5.56. The second-order valence-electron chi connectivity index (χ2n) is 7.21. The molecule has 1 heteroatoms. The average Bonchev–Trinajstić information content (AvgIpc) is 2.28. The van der Waals surface area contributed by atoms with Crippen LogP contribution in [-0.4, -0.2) is 5.60 Å². The minimum Gasteiger partial charge on any atom is -0.487 e. The number of benzene rings is 1. The molecule has 0 aromatic heterocycles. The van der Waals surface area contributed by atoms with Crippen LogP contribution < -0.4 is 4.74 Å². The molecule has 19 heavy (non-hydrogen) atoms. The number of hydrogen-bond donors (Lipinski definition) is 0. The summed E-state index contributed by atoms with van der Waals surface area (Å²) in [5.74, 6) is 2.09. The van der Waals surface area contributed by atoms with E-state index in [1.165, 1.54) is 5.56 Å². The molecule has 0 aliphatic rings. The molecule has 0 aliphatic carbocycles. The number of rotatable bonds is 5. The SMILES string of the molecule is CC(C)c1ccc(OC(C)(C)C(C)(C)C(C)C)cc1. The van der Waals surface area contributed by atoms with Crippen LogP contribution in [0.3, 0.4) is 0 Å². The van der Waals surface area contributed by atoms with Crippen LogP contribution in [0.25, 0.3) is 0 Å². The highest BCUT2D eigenvalue weighted by atomic mass is 16.5. The number of ether oxygens (including phenoxy) is 1. The largest absolute Gasteiger partial charge is 0.487 e. The zero-order valence-corrected chi connectivity index (χ0v) is 13.9. The highest BCUT2D eigenvalue weighted by Crippen LogP contribution is 2.40. The zero-order chi connectivity index (χ0) is 14.8. The lowest BCUT2D eigenvalue weighted by Gasteiger charge is -2.44. The molecular weight excluding hydrogens is 232 g/mol. The van der Waals surface area contributed by atoms with Gasteiger partial charge in [-0.1, -0.05) is 53.7 Å². The average molecular weight is 262 g/mol. The molecule has 0 saturated carbocycles. The lowest BCUT2D eigenvalue weighted by molar-refractivity contribution is -0.0388.